The highest BCUT2D eigenvalue weighted by Gasteiger charge is 2.29. The maximum atomic E-state index is 12.6. The fourth-order valence-corrected chi connectivity index (χ4v) is 3.27. The summed E-state index contributed by atoms with van der Waals surface area (Å²) in [6, 6.07) is 10.6. The first-order valence-corrected chi connectivity index (χ1v) is 9.37. The Hall–Kier alpha value is -3.81. The zero-order valence-corrected chi connectivity index (χ0v) is 16.3. The summed E-state index contributed by atoms with van der Waals surface area (Å²) in [4.78, 5) is 12.6. The Kier molecular flexibility index (Phi) is 6.06. The van der Waals surface area contributed by atoms with Gasteiger partial charge in [0.25, 0.3) is 0 Å². The van der Waals surface area contributed by atoms with Crippen LogP contribution in [-0.4, -0.2) is 42.7 Å². The maximum Gasteiger partial charge on any atom is 0.329 e. The van der Waals surface area contributed by atoms with Gasteiger partial charge in [0, 0.05) is 30.5 Å². The summed E-state index contributed by atoms with van der Waals surface area (Å²) in [5.74, 6) is -1.49. The minimum absolute atomic E-state index is 0.0628. The van der Waals surface area contributed by atoms with E-state index in [4.69, 9.17) is 4.74 Å². The second-order valence-corrected chi connectivity index (χ2v) is 6.85. The van der Waals surface area contributed by atoms with Crippen LogP contribution in [0.1, 0.15) is 29.7 Å². The van der Waals surface area contributed by atoms with Gasteiger partial charge in [0.2, 0.25) is 0 Å². The molecule has 1 atom stereocenters. The normalized spacial score (nSPS) is 11.9. The highest BCUT2D eigenvalue weighted by atomic mass is 16.5. The van der Waals surface area contributed by atoms with E-state index in [2.05, 4.69) is 0 Å². The van der Waals surface area contributed by atoms with Gasteiger partial charge in [-0.25, -0.2) is 4.79 Å². The number of nitrogens with zero attached hydrogens (tertiary/aromatic N) is 1. The minimum atomic E-state index is -1.04. The molecule has 5 N–H and O–H groups in total. The lowest BCUT2D eigenvalue weighted by Crippen LogP contribution is -2.23. The van der Waals surface area contributed by atoms with Crippen LogP contribution in [0.25, 0.3) is 0 Å². The second-order valence-electron chi connectivity index (χ2n) is 6.85. The van der Waals surface area contributed by atoms with Crippen LogP contribution in [0.3, 0.4) is 0 Å². The Bertz CT molecular complexity index is 1040. The van der Waals surface area contributed by atoms with Gasteiger partial charge in [-0.05, 0) is 36.2 Å². The van der Waals surface area contributed by atoms with E-state index in [0.717, 1.165) is 4.57 Å². The van der Waals surface area contributed by atoms with E-state index in [1.165, 1.54) is 36.4 Å². The number of phenolic OH excluding ortho intramolecular Hbond substituents is 3. The van der Waals surface area contributed by atoms with E-state index < -0.39 is 12.0 Å². The van der Waals surface area contributed by atoms with Crippen LogP contribution in [0.5, 0.6) is 29.0 Å². The van der Waals surface area contributed by atoms with Gasteiger partial charge in [-0.15, -0.1) is 0 Å². The quantitative estimate of drug-likeness (QED) is 0.376. The largest absolute Gasteiger partial charge is 0.508 e. The van der Waals surface area contributed by atoms with E-state index in [1.807, 2.05) is 0 Å². The van der Waals surface area contributed by atoms with Gasteiger partial charge in [0.1, 0.15) is 23.3 Å². The average molecular weight is 413 g/mol. The van der Waals surface area contributed by atoms with Crippen LogP contribution in [0, 0.1) is 0 Å². The van der Waals surface area contributed by atoms with Crippen LogP contribution < -0.4 is 0 Å². The number of benzene rings is 2. The Morgan fingerprint density at radius 3 is 2.23 bits per heavy atom. The summed E-state index contributed by atoms with van der Waals surface area (Å²) < 4.78 is 6.21. The summed E-state index contributed by atoms with van der Waals surface area (Å²) in [5.41, 5.74) is 1.40. The Balaban J connectivity index is 1.96. The van der Waals surface area contributed by atoms with Gasteiger partial charge in [-0.3, -0.25) is 4.57 Å². The molecule has 8 nitrogen and oxygen atoms in total. The lowest BCUT2D eigenvalue weighted by molar-refractivity contribution is -0.147. The maximum absolute atomic E-state index is 12.6. The first kappa shape index (κ1) is 20.9. The van der Waals surface area contributed by atoms with Crippen molar-refractivity contribution in [3.8, 4) is 29.0 Å². The molecule has 30 heavy (non-hydrogen) atoms. The molecule has 3 aromatic rings. The lowest BCUT2D eigenvalue weighted by atomic mass is 10.0. The number of phenols is 3. The van der Waals surface area contributed by atoms with Gasteiger partial charge < -0.3 is 30.3 Å². The molecule has 0 saturated carbocycles. The monoisotopic (exact) mass is 413 g/mol. The average Bonchev–Trinajstić information content (AvgIpc) is 2.97. The molecule has 0 aliphatic heterocycles. The number of hydrogen-bond donors (Lipinski definition) is 5. The standard InChI is InChI=1S/C22H23NO7/c1-2-30-22(29)18(9-13-3-6-16(24)7-4-13)23-20(27)11-15(21(23)28)10-14-5-8-17(25)12-19(14)26/h3-8,11-12,18,24-28H,2,9-10H2,1H3. The predicted octanol–water partition coefficient (Wildman–Crippen LogP) is 2.95. The predicted molar refractivity (Wildman–Crippen MR) is 108 cm³/mol. The minimum Gasteiger partial charge on any atom is -0.508 e. The van der Waals surface area contributed by atoms with Gasteiger partial charge in [0.15, 0.2) is 11.8 Å². The first-order valence-electron chi connectivity index (χ1n) is 9.37. The molecule has 0 aliphatic carbocycles. The van der Waals surface area contributed by atoms with E-state index in [1.54, 1.807) is 19.1 Å². The molecule has 1 heterocycles. The number of ether oxygens (including phenoxy) is 1. The molecule has 0 fully saturated rings. The van der Waals surface area contributed by atoms with Gasteiger partial charge in [-0.2, -0.15) is 0 Å². The van der Waals surface area contributed by atoms with E-state index in [-0.39, 0.29) is 54.0 Å². The molecule has 0 saturated heterocycles. The van der Waals surface area contributed by atoms with Gasteiger partial charge >= 0.3 is 5.97 Å². The van der Waals surface area contributed by atoms with Crippen molar-refractivity contribution in [1.29, 1.82) is 0 Å². The Morgan fingerprint density at radius 2 is 1.60 bits per heavy atom. The van der Waals surface area contributed by atoms with Crippen LogP contribution in [-0.2, 0) is 22.4 Å². The van der Waals surface area contributed by atoms with Gasteiger partial charge in [0.05, 0.1) is 6.61 Å². The van der Waals surface area contributed by atoms with E-state index >= 15 is 0 Å². The van der Waals surface area contributed by atoms with Crippen molar-refractivity contribution in [2.24, 2.45) is 0 Å². The van der Waals surface area contributed by atoms with Crippen molar-refractivity contribution in [3.05, 3.63) is 65.2 Å². The number of hydrogen-bond acceptors (Lipinski definition) is 7. The molecule has 2 aromatic carbocycles. The van der Waals surface area contributed by atoms with Crippen molar-refractivity contribution in [2.75, 3.05) is 6.61 Å². The first-order chi connectivity index (χ1) is 14.3. The number of esters is 1. The van der Waals surface area contributed by atoms with Crippen molar-refractivity contribution < 1.29 is 35.1 Å². The van der Waals surface area contributed by atoms with E-state index in [9.17, 15) is 30.3 Å². The molecule has 0 amide bonds. The SMILES string of the molecule is CCOC(=O)C(Cc1ccc(O)cc1)n1c(O)cc(Cc2ccc(O)cc2O)c1O. The molecular formula is C22H23NO7. The molecule has 0 aliphatic rings. The molecule has 8 heteroatoms. The number of rotatable bonds is 7. The Labute approximate surface area is 172 Å². The highest BCUT2D eigenvalue weighted by Crippen LogP contribution is 2.36. The number of aromatic hydroxyl groups is 5. The molecule has 3 rings (SSSR count). The third kappa shape index (κ3) is 4.43. The molecule has 0 spiro atoms. The van der Waals surface area contributed by atoms with Crippen molar-refractivity contribution in [2.45, 2.75) is 25.8 Å². The summed E-state index contributed by atoms with van der Waals surface area (Å²) in [5, 5.41) is 50.1. The highest BCUT2D eigenvalue weighted by molar-refractivity contribution is 5.75. The summed E-state index contributed by atoms with van der Waals surface area (Å²) in [6.07, 6.45) is 0.173. The molecule has 1 unspecified atom stereocenters. The molecule has 0 radical (unpaired) electrons. The van der Waals surface area contributed by atoms with Crippen molar-refractivity contribution in [1.82, 2.24) is 4.57 Å². The second kappa shape index (κ2) is 8.69. The Morgan fingerprint density at radius 1 is 0.933 bits per heavy atom. The fourth-order valence-electron chi connectivity index (χ4n) is 3.27. The van der Waals surface area contributed by atoms with Gasteiger partial charge in [-0.1, -0.05) is 18.2 Å². The van der Waals surface area contributed by atoms with E-state index in [0.29, 0.717) is 11.1 Å². The third-order valence-corrected chi connectivity index (χ3v) is 4.75. The summed E-state index contributed by atoms with van der Waals surface area (Å²) in [6.45, 7) is 1.78. The van der Waals surface area contributed by atoms with Crippen molar-refractivity contribution in [3.63, 3.8) is 0 Å². The lowest BCUT2D eigenvalue weighted by Gasteiger charge is -2.19. The fraction of sp³-hybridized carbons (Fsp3) is 0.227. The van der Waals surface area contributed by atoms with Crippen LogP contribution in [0.4, 0.5) is 0 Å². The molecular weight excluding hydrogens is 390 g/mol. The third-order valence-electron chi connectivity index (χ3n) is 4.75. The van der Waals surface area contributed by atoms with Crippen LogP contribution >= 0.6 is 0 Å². The number of carbonyl (C=O) groups is 1. The number of aromatic nitrogens is 1. The smallest absolute Gasteiger partial charge is 0.329 e. The van der Waals surface area contributed by atoms with Crippen LogP contribution in [0.2, 0.25) is 0 Å². The molecule has 158 valence electrons. The molecule has 1 aromatic heterocycles. The van der Waals surface area contributed by atoms with Crippen molar-refractivity contribution >= 4 is 5.97 Å². The summed E-state index contributed by atoms with van der Waals surface area (Å²) >= 11 is 0. The molecule has 0 bridgehead atoms. The summed E-state index contributed by atoms with van der Waals surface area (Å²) in [7, 11) is 0. The topological polar surface area (TPSA) is 132 Å². The number of carbonyl (C=O) groups excluding carboxylic acids is 1. The zero-order valence-electron chi connectivity index (χ0n) is 16.3. The van der Waals surface area contributed by atoms with Crippen LogP contribution in [0.15, 0.2) is 48.5 Å². The zero-order chi connectivity index (χ0) is 21.8.